The molecule has 0 atom stereocenters. The predicted molar refractivity (Wildman–Crippen MR) is 99.9 cm³/mol. The van der Waals surface area contributed by atoms with Crippen LogP contribution in [0.3, 0.4) is 0 Å². The molecule has 1 aliphatic rings. The maximum atomic E-state index is 12.5. The van der Waals surface area contributed by atoms with Crippen LogP contribution < -0.4 is 5.32 Å². The minimum Gasteiger partial charge on any atom is -0.350 e. The Morgan fingerprint density at radius 3 is 2.80 bits per heavy atom. The van der Waals surface area contributed by atoms with Gasteiger partial charge in [0.05, 0.1) is 11.0 Å². The molecule has 0 aliphatic heterocycles. The third-order valence-electron chi connectivity index (χ3n) is 5.08. The highest BCUT2D eigenvalue weighted by molar-refractivity contribution is 5.94. The van der Waals surface area contributed by atoms with Crippen molar-refractivity contribution in [3.8, 4) is 0 Å². The highest BCUT2D eigenvalue weighted by Gasteiger charge is 2.13. The molecule has 4 heteroatoms. The minimum absolute atomic E-state index is 0.00967. The molecule has 128 valence electrons. The smallest absolute Gasteiger partial charge is 0.251 e. The third-order valence-corrected chi connectivity index (χ3v) is 5.08. The van der Waals surface area contributed by atoms with Gasteiger partial charge in [0.15, 0.2) is 0 Å². The summed E-state index contributed by atoms with van der Waals surface area (Å²) in [5.74, 6) is 0.986. The summed E-state index contributed by atoms with van der Waals surface area (Å²) in [6, 6.07) is 14.3. The number of hydrogen-bond acceptors (Lipinski definition) is 2. The molecule has 1 aliphatic carbocycles. The Bertz CT molecular complexity index is 926. The summed E-state index contributed by atoms with van der Waals surface area (Å²) < 4.78 is 2.16. The van der Waals surface area contributed by atoms with E-state index in [0.29, 0.717) is 6.54 Å². The van der Waals surface area contributed by atoms with Gasteiger partial charge >= 0.3 is 0 Å². The second-order valence-electron chi connectivity index (χ2n) is 6.75. The summed E-state index contributed by atoms with van der Waals surface area (Å²) in [6.45, 7) is 3.32. The molecule has 1 aromatic heterocycles. The van der Waals surface area contributed by atoms with Gasteiger partial charge in [0, 0.05) is 18.7 Å². The van der Waals surface area contributed by atoms with E-state index < -0.39 is 0 Å². The summed E-state index contributed by atoms with van der Waals surface area (Å²) in [4.78, 5) is 17.0. The van der Waals surface area contributed by atoms with E-state index >= 15 is 0 Å². The topological polar surface area (TPSA) is 46.9 Å². The standard InChI is InChI=1S/C21H23N3O/c1-15-23-19-8-4-5-9-20(19)24(15)13-12-22-21(25)18-11-10-16-6-2-3-7-17(16)14-18/h4-5,8-11,14H,2-3,6-7,12-13H2,1H3,(H,22,25). The number of nitrogens with zero attached hydrogens (tertiary/aromatic N) is 2. The lowest BCUT2D eigenvalue weighted by atomic mass is 9.90. The van der Waals surface area contributed by atoms with Crippen LogP contribution in [0, 0.1) is 6.92 Å². The number of hydrogen-bond donors (Lipinski definition) is 1. The van der Waals surface area contributed by atoms with Crippen molar-refractivity contribution in [1.29, 1.82) is 0 Å². The van der Waals surface area contributed by atoms with E-state index in [9.17, 15) is 4.79 Å². The van der Waals surface area contributed by atoms with E-state index in [1.54, 1.807) is 0 Å². The molecule has 4 rings (SSSR count). The van der Waals surface area contributed by atoms with Crippen LogP contribution in [0.1, 0.15) is 40.2 Å². The van der Waals surface area contributed by atoms with Crippen LogP contribution in [0.4, 0.5) is 0 Å². The van der Waals surface area contributed by atoms with Crippen LogP contribution in [0.5, 0.6) is 0 Å². The molecule has 2 aromatic carbocycles. The van der Waals surface area contributed by atoms with Crippen molar-refractivity contribution in [3.05, 3.63) is 65.0 Å². The first-order chi connectivity index (χ1) is 12.2. The number of para-hydroxylation sites is 2. The van der Waals surface area contributed by atoms with Gasteiger partial charge in [0.25, 0.3) is 5.91 Å². The van der Waals surface area contributed by atoms with Crippen LogP contribution >= 0.6 is 0 Å². The van der Waals surface area contributed by atoms with Gasteiger partial charge in [-0.05, 0) is 68.0 Å². The summed E-state index contributed by atoms with van der Waals surface area (Å²) in [6.07, 6.45) is 4.72. The zero-order valence-corrected chi connectivity index (χ0v) is 14.6. The largest absolute Gasteiger partial charge is 0.350 e. The Morgan fingerprint density at radius 1 is 1.12 bits per heavy atom. The van der Waals surface area contributed by atoms with Gasteiger partial charge in [-0.3, -0.25) is 4.79 Å². The lowest BCUT2D eigenvalue weighted by Crippen LogP contribution is -2.27. The Morgan fingerprint density at radius 2 is 1.92 bits per heavy atom. The molecule has 1 heterocycles. The normalized spacial score (nSPS) is 13.6. The Labute approximate surface area is 147 Å². The zero-order valence-electron chi connectivity index (χ0n) is 14.6. The van der Waals surface area contributed by atoms with Gasteiger partial charge in [-0.25, -0.2) is 4.98 Å². The molecular weight excluding hydrogens is 310 g/mol. The van der Waals surface area contributed by atoms with E-state index in [2.05, 4.69) is 33.1 Å². The fraction of sp³-hybridized carbons (Fsp3) is 0.333. The van der Waals surface area contributed by atoms with Crippen molar-refractivity contribution in [1.82, 2.24) is 14.9 Å². The van der Waals surface area contributed by atoms with Crippen LogP contribution in [0.25, 0.3) is 11.0 Å². The number of aromatic nitrogens is 2. The number of imidazole rings is 1. The fourth-order valence-corrected chi connectivity index (χ4v) is 3.74. The molecule has 0 saturated heterocycles. The van der Waals surface area contributed by atoms with Gasteiger partial charge < -0.3 is 9.88 Å². The summed E-state index contributed by atoms with van der Waals surface area (Å²) in [5.41, 5.74) is 5.63. The molecule has 0 unspecified atom stereocenters. The molecule has 3 aromatic rings. The predicted octanol–water partition coefficient (Wildman–Crippen LogP) is 3.65. The third kappa shape index (κ3) is 3.16. The molecular formula is C21H23N3O. The Kier molecular flexibility index (Phi) is 4.26. The number of amides is 1. The van der Waals surface area contributed by atoms with Gasteiger partial charge in [-0.1, -0.05) is 18.2 Å². The number of carbonyl (C=O) groups excluding carboxylic acids is 1. The van der Waals surface area contributed by atoms with Gasteiger partial charge in [0.1, 0.15) is 5.82 Å². The molecule has 1 N–H and O–H groups in total. The number of aryl methyl sites for hydroxylation is 3. The second kappa shape index (κ2) is 6.71. The summed E-state index contributed by atoms with van der Waals surface area (Å²) in [7, 11) is 0. The highest BCUT2D eigenvalue weighted by Crippen LogP contribution is 2.22. The van der Waals surface area contributed by atoms with Crippen molar-refractivity contribution < 1.29 is 4.79 Å². The van der Waals surface area contributed by atoms with Crippen LogP contribution in [0.2, 0.25) is 0 Å². The minimum atomic E-state index is 0.00967. The van der Waals surface area contributed by atoms with Crippen molar-refractivity contribution in [2.24, 2.45) is 0 Å². The van der Waals surface area contributed by atoms with Gasteiger partial charge in [0.2, 0.25) is 0 Å². The van der Waals surface area contributed by atoms with Crippen molar-refractivity contribution in [2.75, 3.05) is 6.54 Å². The number of rotatable bonds is 4. The van der Waals surface area contributed by atoms with Crippen LogP contribution in [-0.2, 0) is 19.4 Å². The number of carbonyl (C=O) groups is 1. The Balaban J connectivity index is 1.43. The van der Waals surface area contributed by atoms with Crippen molar-refractivity contribution in [3.63, 3.8) is 0 Å². The van der Waals surface area contributed by atoms with Crippen molar-refractivity contribution in [2.45, 2.75) is 39.2 Å². The first kappa shape index (κ1) is 15.9. The monoisotopic (exact) mass is 333 g/mol. The van der Waals surface area contributed by atoms with Gasteiger partial charge in [-0.2, -0.15) is 0 Å². The van der Waals surface area contributed by atoms with Crippen LogP contribution in [0.15, 0.2) is 42.5 Å². The highest BCUT2D eigenvalue weighted by atomic mass is 16.1. The first-order valence-corrected chi connectivity index (χ1v) is 9.04. The van der Waals surface area contributed by atoms with Crippen LogP contribution in [-0.4, -0.2) is 22.0 Å². The molecule has 4 nitrogen and oxygen atoms in total. The summed E-state index contributed by atoms with van der Waals surface area (Å²) in [5, 5.41) is 3.05. The average molecular weight is 333 g/mol. The molecule has 0 saturated carbocycles. The van der Waals surface area contributed by atoms with Crippen molar-refractivity contribution >= 4 is 16.9 Å². The molecule has 25 heavy (non-hydrogen) atoms. The number of fused-ring (bicyclic) bond motifs is 2. The quantitative estimate of drug-likeness (QED) is 0.792. The lowest BCUT2D eigenvalue weighted by Gasteiger charge is -2.16. The van der Waals surface area contributed by atoms with E-state index in [0.717, 1.165) is 41.8 Å². The molecule has 0 spiro atoms. The Hall–Kier alpha value is -2.62. The maximum Gasteiger partial charge on any atom is 0.251 e. The number of benzene rings is 2. The van der Waals surface area contributed by atoms with Gasteiger partial charge in [-0.15, -0.1) is 0 Å². The SMILES string of the molecule is Cc1nc2ccccc2n1CCNC(=O)c1ccc2c(c1)CCCC2. The molecule has 0 bridgehead atoms. The average Bonchev–Trinajstić information content (AvgIpc) is 2.96. The van der Waals surface area contributed by atoms with E-state index in [4.69, 9.17) is 0 Å². The van der Waals surface area contributed by atoms with E-state index in [1.807, 2.05) is 31.2 Å². The zero-order chi connectivity index (χ0) is 17.2. The molecule has 1 amide bonds. The van der Waals surface area contributed by atoms with E-state index in [-0.39, 0.29) is 5.91 Å². The molecule has 0 fully saturated rings. The number of nitrogens with one attached hydrogen (secondary N) is 1. The lowest BCUT2D eigenvalue weighted by molar-refractivity contribution is 0.0952. The summed E-state index contributed by atoms with van der Waals surface area (Å²) >= 11 is 0. The van der Waals surface area contributed by atoms with E-state index in [1.165, 1.54) is 24.0 Å². The maximum absolute atomic E-state index is 12.5. The first-order valence-electron chi connectivity index (χ1n) is 9.04. The molecule has 0 radical (unpaired) electrons. The fourth-order valence-electron chi connectivity index (χ4n) is 3.74. The second-order valence-corrected chi connectivity index (χ2v) is 6.75.